The number of nitrogens with zero attached hydrogens (tertiary/aromatic N) is 2. The monoisotopic (exact) mass is 495 g/mol. The largest absolute Gasteiger partial charge is 0.462 e. The van der Waals surface area contributed by atoms with E-state index in [0.717, 1.165) is 17.0 Å². The molecule has 0 bridgehead atoms. The number of nitrogens with one attached hydrogen (secondary N) is 1. The maximum absolute atomic E-state index is 13.3. The molecule has 3 aromatic carbocycles. The molecule has 37 heavy (non-hydrogen) atoms. The fourth-order valence-electron chi connectivity index (χ4n) is 4.37. The lowest BCUT2D eigenvalue weighted by atomic mass is 9.85. The van der Waals surface area contributed by atoms with E-state index in [9.17, 15) is 14.7 Å². The Morgan fingerprint density at radius 1 is 0.946 bits per heavy atom. The topological polar surface area (TPSA) is 92.9 Å². The zero-order valence-electron chi connectivity index (χ0n) is 21.0. The number of benzene rings is 3. The van der Waals surface area contributed by atoms with Crippen LogP contribution in [0.2, 0.25) is 0 Å². The maximum Gasteiger partial charge on any atom is 0.340 e. The van der Waals surface area contributed by atoms with Crippen molar-refractivity contribution in [2.45, 2.75) is 26.4 Å². The van der Waals surface area contributed by atoms with Crippen LogP contribution in [0.1, 0.15) is 45.4 Å². The van der Waals surface area contributed by atoms with Gasteiger partial charge in [0.15, 0.2) is 5.60 Å². The quantitative estimate of drug-likeness (QED) is 0.211. The number of carbonyl (C=O) groups excluding carboxylic acids is 2. The summed E-state index contributed by atoms with van der Waals surface area (Å²) in [6.45, 7) is 5.88. The van der Waals surface area contributed by atoms with E-state index in [0.29, 0.717) is 22.4 Å². The van der Waals surface area contributed by atoms with E-state index < -0.39 is 17.5 Å². The summed E-state index contributed by atoms with van der Waals surface area (Å²) in [6.07, 6.45) is 1.53. The van der Waals surface area contributed by atoms with Gasteiger partial charge in [0.1, 0.15) is 0 Å². The van der Waals surface area contributed by atoms with Gasteiger partial charge in [-0.15, -0.1) is 0 Å². The lowest BCUT2D eigenvalue weighted by Gasteiger charge is -2.27. The number of hydrogen-bond acceptors (Lipinski definition) is 5. The van der Waals surface area contributed by atoms with Crippen LogP contribution >= 0.6 is 0 Å². The number of aliphatic hydroxyl groups is 1. The summed E-state index contributed by atoms with van der Waals surface area (Å²) in [4.78, 5) is 25.8. The normalized spacial score (nSPS) is 11.5. The van der Waals surface area contributed by atoms with Crippen molar-refractivity contribution in [1.29, 1.82) is 0 Å². The van der Waals surface area contributed by atoms with Crippen molar-refractivity contribution in [3.05, 3.63) is 125 Å². The molecule has 4 aromatic rings. The van der Waals surface area contributed by atoms with Gasteiger partial charge >= 0.3 is 5.97 Å². The van der Waals surface area contributed by atoms with Crippen LogP contribution in [0.5, 0.6) is 0 Å². The molecule has 1 heterocycles. The first-order valence-corrected chi connectivity index (χ1v) is 12.0. The highest BCUT2D eigenvalue weighted by atomic mass is 16.5. The van der Waals surface area contributed by atoms with Crippen molar-refractivity contribution in [2.24, 2.45) is 5.10 Å². The molecule has 188 valence electrons. The first-order chi connectivity index (χ1) is 17.9. The molecular weight excluding hydrogens is 466 g/mol. The summed E-state index contributed by atoms with van der Waals surface area (Å²) in [5, 5.41) is 15.7. The van der Waals surface area contributed by atoms with Crippen LogP contribution in [-0.2, 0) is 15.1 Å². The van der Waals surface area contributed by atoms with Gasteiger partial charge in [0.2, 0.25) is 0 Å². The van der Waals surface area contributed by atoms with Crippen molar-refractivity contribution >= 4 is 18.1 Å². The lowest BCUT2D eigenvalue weighted by molar-refractivity contribution is -0.136. The summed E-state index contributed by atoms with van der Waals surface area (Å²) in [5.41, 5.74) is 5.06. The Labute approximate surface area is 216 Å². The molecule has 1 amide bonds. The predicted octanol–water partition coefficient (Wildman–Crippen LogP) is 4.66. The van der Waals surface area contributed by atoms with Crippen molar-refractivity contribution in [1.82, 2.24) is 9.99 Å². The van der Waals surface area contributed by atoms with E-state index >= 15 is 0 Å². The molecule has 2 N–H and O–H groups in total. The lowest BCUT2D eigenvalue weighted by Crippen LogP contribution is -2.43. The van der Waals surface area contributed by atoms with Gasteiger partial charge in [0.05, 0.1) is 24.1 Å². The first-order valence-electron chi connectivity index (χ1n) is 12.0. The number of hydrazone groups is 1. The molecule has 0 atom stereocenters. The zero-order valence-corrected chi connectivity index (χ0v) is 21.0. The third-order valence-corrected chi connectivity index (χ3v) is 6.19. The van der Waals surface area contributed by atoms with Gasteiger partial charge in [-0.3, -0.25) is 4.79 Å². The van der Waals surface area contributed by atoms with E-state index in [1.807, 2.05) is 48.7 Å². The van der Waals surface area contributed by atoms with Crippen LogP contribution in [-0.4, -0.2) is 34.4 Å². The summed E-state index contributed by atoms with van der Waals surface area (Å²) < 4.78 is 7.17. The number of amides is 1. The molecule has 0 spiro atoms. The minimum atomic E-state index is -1.92. The van der Waals surface area contributed by atoms with Gasteiger partial charge in [0, 0.05) is 17.0 Å². The van der Waals surface area contributed by atoms with E-state index in [4.69, 9.17) is 4.74 Å². The summed E-state index contributed by atoms with van der Waals surface area (Å²) >= 11 is 0. The second-order valence-electron chi connectivity index (χ2n) is 8.54. The second-order valence-corrected chi connectivity index (χ2v) is 8.54. The molecule has 0 unspecified atom stereocenters. The summed E-state index contributed by atoms with van der Waals surface area (Å²) in [7, 11) is 0. The van der Waals surface area contributed by atoms with E-state index in [1.54, 1.807) is 67.6 Å². The van der Waals surface area contributed by atoms with Crippen LogP contribution in [0.3, 0.4) is 0 Å². The molecule has 0 fully saturated rings. The molecule has 0 aliphatic carbocycles. The number of esters is 1. The predicted molar refractivity (Wildman–Crippen MR) is 143 cm³/mol. The average molecular weight is 496 g/mol. The van der Waals surface area contributed by atoms with E-state index in [2.05, 4.69) is 10.5 Å². The van der Waals surface area contributed by atoms with Gasteiger partial charge in [0.25, 0.3) is 5.91 Å². The summed E-state index contributed by atoms with van der Waals surface area (Å²) in [5.74, 6) is -1.07. The van der Waals surface area contributed by atoms with E-state index in [-0.39, 0.29) is 6.61 Å². The van der Waals surface area contributed by atoms with Crippen LogP contribution in [0.4, 0.5) is 0 Å². The highest BCUT2D eigenvalue weighted by Gasteiger charge is 2.39. The van der Waals surface area contributed by atoms with Gasteiger partial charge in [-0.2, -0.15) is 5.10 Å². The number of aryl methyl sites for hydroxylation is 1. The van der Waals surface area contributed by atoms with Crippen molar-refractivity contribution in [3.63, 3.8) is 0 Å². The molecule has 0 aliphatic heterocycles. The number of hydrogen-bond donors (Lipinski definition) is 2. The molecule has 1 aromatic heterocycles. The summed E-state index contributed by atoms with van der Waals surface area (Å²) in [6, 6.07) is 26.7. The molecule has 7 nitrogen and oxygen atoms in total. The first kappa shape index (κ1) is 25.6. The van der Waals surface area contributed by atoms with Crippen LogP contribution in [0.15, 0.2) is 96.1 Å². The molecule has 0 saturated heterocycles. The fourth-order valence-corrected chi connectivity index (χ4v) is 4.37. The maximum atomic E-state index is 13.3. The Balaban J connectivity index is 1.63. The van der Waals surface area contributed by atoms with Crippen LogP contribution < -0.4 is 5.43 Å². The number of carbonyl (C=O) groups is 2. The Hall–Kier alpha value is -4.49. The second kappa shape index (κ2) is 11.1. The van der Waals surface area contributed by atoms with E-state index in [1.165, 1.54) is 6.21 Å². The van der Waals surface area contributed by atoms with Gasteiger partial charge in [-0.05, 0) is 50.1 Å². The zero-order chi connectivity index (χ0) is 26.4. The number of aromatic nitrogens is 1. The molecular formula is C30H29N3O4. The highest BCUT2D eigenvalue weighted by molar-refractivity contribution is 5.94. The average Bonchev–Trinajstić information content (AvgIpc) is 3.21. The van der Waals surface area contributed by atoms with Gasteiger partial charge in [-0.25, -0.2) is 10.2 Å². The highest BCUT2D eigenvalue weighted by Crippen LogP contribution is 2.30. The van der Waals surface area contributed by atoms with Crippen LogP contribution in [0, 0.1) is 13.8 Å². The van der Waals surface area contributed by atoms with Crippen LogP contribution in [0.25, 0.3) is 5.69 Å². The minimum absolute atomic E-state index is 0.284. The van der Waals surface area contributed by atoms with Crippen molar-refractivity contribution in [3.8, 4) is 5.69 Å². The van der Waals surface area contributed by atoms with Gasteiger partial charge < -0.3 is 14.4 Å². The Kier molecular flexibility index (Phi) is 7.65. The number of ether oxygens (including phenoxy) is 1. The molecule has 7 heteroatoms. The molecule has 0 radical (unpaired) electrons. The Bertz CT molecular complexity index is 1390. The third kappa shape index (κ3) is 5.08. The Morgan fingerprint density at radius 3 is 2.11 bits per heavy atom. The van der Waals surface area contributed by atoms with Crippen molar-refractivity contribution in [2.75, 3.05) is 6.61 Å². The number of para-hydroxylation sites is 1. The fraction of sp³-hybridized carbons (Fsp3) is 0.167. The molecule has 4 rings (SSSR count). The smallest absolute Gasteiger partial charge is 0.340 e. The minimum Gasteiger partial charge on any atom is -0.462 e. The number of rotatable bonds is 8. The standard InChI is InChI=1S/C30H29N3O4/c1-4-37-28(34)26-17-11-12-18-27(26)33-21(2)19-23(22(33)3)20-31-32-29(35)30(36,24-13-7-5-8-14-24)25-15-9-6-10-16-25/h5-20,36H,4H2,1-3H3,(H,32,35)/b31-20-. The molecule has 0 saturated carbocycles. The third-order valence-electron chi connectivity index (χ3n) is 6.19. The Morgan fingerprint density at radius 2 is 1.51 bits per heavy atom. The molecule has 0 aliphatic rings. The SMILES string of the molecule is CCOC(=O)c1ccccc1-n1c(C)cc(/C=N\NC(=O)C(O)(c2ccccc2)c2ccccc2)c1C. The van der Waals surface area contributed by atoms with Gasteiger partial charge in [-0.1, -0.05) is 72.8 Å². The van der Waals surface area contributed by atoms with Crippen molar-refractivity contribution < 1.29 is 19.4 Å².